The highest BCUT2D eigenvalue weighted by molar-refractivity contribution is 5.90. The van der Waals surface area contributed by atoms with Gasteiger partial charge in [0.25, 0.3) is 0 Å². The third kappa shape index (κ3) is 5.02. The molecule has 0 atom stereocenters. The van der Waals surface area contributed by atoms with Crippen molar-refractivity contribution in [2.24, 2.45) is 0 Å². The summed E-state index contributed by atoms with van der Waals surface area (Å²) < 4.78 is 5.14. The molecule has 1 aromatic rings. The molecule has 0 saturated heterocycles. The molecule has 116 valence electrons. The first kappa shape index (κ1) is 15.8. The number of aryl methyl sites for hydroxylation is 1. The van der Waals surface area contributed by atoms with Gasteiger partial charge in [-0.3, -0.25) is 0 Å². The van der Waals surface area contributed by atoms with E-state index in [1.54, 1.807) is 0 Å². The van der Waals surface area contributed by atoms with E-state index in [0.717, 1.165) is 24.9 Å². The normalized spacial score (nSPS) is 13.6. The molecule has 0 spiro atoms. The van der Waals surface area contributed by atoms with Crippen LogP contribution in [-0.4, -0.2) is 37.5 Å². The van der Waals surface area contributed by atoms with Gasteiger partial charge in [0.15, 0.2) is 0 Å². The lowest BCUT2D eigenvalue weighted by Crippen LogP contribution is -2.30. The van der Waals surface area contributed by atoms with Gasteiger partial charge < -0.3 is 20.5 Å². The van der Waals surface area contributed by atoms with Crippen LogP contribution in [0.15, 0.2) is 18.2 Å². The average Bonchev–Trinajstić information content (AvgIpc) is 2.51. The summed E-state index contributed by atoms with van der Waals surface area (Å²) in [5.74, 6) is 0. The second-order valence-electron chi connectivity index (χ2n) is 5.22. The number of amides is 2. The van der Waals surface area contributed by atoms with Gasteiger partial charge in [0, 0.05) is 18.8 Å². The highest BCUT2D eigenvalue weighted by atomic mass is 16.5. The Labute approximate surface area is 125 Å². The summed E-state index contributed by atoms with van der Waals surface area (Å²) in [7, 11) is 0. The lowest BCUT2D eigenvalue weighted by atomic mass is 9.90. The minimum Gasteiger partial charge on any atom is -0.394 e. The van der Waals surface area contributed by atoms with Crippen LogP contribution in [0.5, 0.6) is 0 Å². The molecule has 0 aromatic heterocycles. The van der Waals surface area contributed by atoms with E-state index in [2.05, 4.69) is 16.7 Å². The number of hydrogen-bond acceptors (Lipinski definition) is 3. The molecule has 0 unspecified atom stereocenters. The Morgan fingerprint density at radius 2 is 2.10 bits per heavy atom. The first-order valence-electron chi connectivity index (χ1n) is 7.65. The summed E-state index contributed by atoms with van der Waals surface area (Å²) in [5, 5.41) is 14.3. The molecule has 1 aromatic carbocycles. The zero-order valence-electron chi connectivity index (χ0n) is 12.4. The van der Waals surface area contributed by atoms with Crippen molar-refractivity contribution in [2.75, 3.05) is 31.7 Å². The lowest BCUT2D eigenvalue weighted by Gasteiger charge is -2.19. The fourth-order valence-corrected chi connectivity index (χ4v) is 2.61. The first-order valence-corrected chi connectivity index (χ1v) is 7.65. The van der Waals surface area contributed by atoms with Gasteiger partial charge in [-0.25, -0.2) is 4.79 Å². The van der Waals surface area contributed by atoms with Gasteiger partial charge in [-0.1, -0.05) is 12.1 Å². The molecule has 21 heavy (non-hydrogen) atoms. The number of aliphatic hydroxyl groups is 1. The van der Waals surface area contributed by atoms with Gasteiger partial charge in [-0.2, -0.15) is 0 Å². The van der Waals surface area contributed by atoms with E-state index in [1.807, 2.05) is 12.1 Å². The Kier molecular flexibility index (Phi) is 6.50. The van der Waals surface area contributed by atoms with Crippen LogP contribution in [0.2, 0.25) is 0 Å². The average molecular weight is 292 g/mol. The van der Waals surface area contributed by atoms with E-state index in [4.69, 9.17) is 9.84 Å². The minimum atomic E-state index is -0.170. The molecule has 1 aliphatic carbocycles. The Morgan fingerprint density at radius 1 is 1.24 bits per heavy atom. The summed E-state index contributed by atoms with van der Waals surface area (Å²) in [6.07, 6.45) is 5.31. The lowest BCUT2D eigenvalue weighted by molar-refractivity contribution is 0.0910. The van der Waals surface area contributed by atoms with Gasteiger partial charge in [-0.15, -0.1) is 0 Å². The molecule has 0 aliphatic heterocycles. The molecule has 0 bridgehead atoms. The van der Waals surface area contributed by atoms with E-state index >= 15 is 0 Å². The van der Waals surface area contributed by atoms with Crippen molar-refractivity contribution in [3.63, 3.8) is 0 Å². The summed E-state index contributed by atoms with van der Waals surface area (Å²) in [5.41, 5.74) is 3.57. The van der Waals surface area contributed by atoms with Crippen molar-refractivity contribution in [3.8, 4) is 0 Å². The van der Waals surface area contributed by atoms with Gasteiger partial charge in [-0.05, 0) is 49.3 Å². The highest BCUT2D eigenvalue weighted by Crippen LogP contribution is 2.27. The van der Waals surface area contributed by atoms with E-state index in [9.17, 15) is 4.79 Å². The van der Waals surface area contributed by atoms with Crippen LogP contribution in [0.3, 0.4) is 0 Å². The zero-order valence-corrected chi connectivity index (χ0v) is 12.4. The number of hydrogen-bond donors (Lipinski definition) is 3. The molecule has 2 rings (SSSR count). The Hall–Kier alpha value is -1.59. The number of ether oxygens (including phenoxy) is 1. The van der Waals surface area contributed by atoms with Gasteiger partial charge in [0.1, 0.15) is 0 Å². The maximum Gasteiger partial charge on any atom is 0.319 e. The number of fused-ring (bicyclic) bond motifs is 1. The molecule has 0 radical (unpaired) electrons. The first-order chi connectivity index (χ1) is 10.3. The summed E-state index contributed by atoms with van der Waals surface area (Å²) in [6.45, 7) is 1.49. The van der Waals surface area contributed by atoms with Crippen molar-refractivity contribution in [3.05, 3.63) is 29.3 Å². The molecule has 0 saturated carbocycles. The molecule has 1 aliphatic rings. The number of urea groups is 1. The van der Waals surface area contributed by atoms with Crippen molar-refractivity contribution in [1.82, 2.24) is 5.32 Å². The predicted octanol–water partition coefficient (Wildman–Crippen LogP) is 2.09. The zero-order chi connectivity index (χ0) is 14.9. The van der Waals surface area contributed by atoms with Gasteiger partial charge >= 0.3 is 6.03 Å². The van der Waals surface area contributed by atoms with Crippen LogP contribution in [0.4, 0.5) is 10.5 Å². The fourth-order valence-electron chi connectivity index (χ4n) is 2.61. The van der Waals surface area contributed by atoms with Crippen molar-refractivity contribution in [2.45, 2.75) is 32.1 Å². The molecule has 5 nitrogen and oxygen atoms in total. The predicted molar refractivity (Wildman–Crippen MR) is 82.6 cm³/mol. The van der Waals surface area contributed by atoms with Crippen LogP contribution in [-0.2, 0) is 17.6 Å². The van der Waals surface area contributed by atoms with Crippen molar-refractivity contribution >= 4 is 11.7 Å². The SMILES string of the molecule is O=C(NCCCOCCO)Nc1cccc2c1CCCC2. The minimum absolute atomic E-state index is 0.0348. The largest absolute Gasteiger partial charge is 0.394 e. The van der Waals surface area contributed by atoms with E-state index in [0.29, 0.717) is 19.8 Å². The number of rotatable bonds is 7. The van der Waals surface area contributed by atoms with E-state index < -0.39 is 0 Å². The van der Waals surface area contributed by atoms with Gasteiger partial charge in [0.05, 0.1) is 13.2 Å². The number of nitrogens with one attached hydrogen (secondary N) is 2. The Morgan fingerprint density at radius 3 is 2.95 bits per heavy atom. The Bertz CT molecular complexity index is 463. The molecule has 5 heteroatoms. The number of anilines is 1. The van der Waals surface area contributed by atoms with Crippen LogP contribution in [0.1, 0.15) is 30.4 Å². The molecule has 0 heterocycles. The van der Waals surface area contributed by atoms with E-state index in [-0.39, 0.29) is 12.6 Å². The van der Waals surface area contributed by atoms with Gasteiger partial charge in [0.2, 0.25) is 0 Å². The molecule has 0 fully saturated rings. The highest BCUT2D eigenvalue weighted by Gasteiger charge is 2.14. The topological polar surface area (TPSA) is 70.6 Å². The number of aliphatic hydroxyl groups excluding tert-OH is 1. The molecular weight excluding hydrogens is 268 g/mol. The number of benzene rings is 1. The maximum absolute atomic E-state index is 11.9. The van der Waals surface area contributed by atoms with Crippen LogP contribution in [0, 0.1) is 0 Å². The number of carbonyl (C=O) groups is 1. The van der Waals surface area contributed by atoms with Crippen LogP contribution in [0.25, 0.3) is 0 Å². The summed E-state index contributed by atoms with van der Waals surface area (Å²) >= 11 is 0. The molecule has 3 N–H and O–H groups in total. The fraction of sp³-hybridized carbons (Fsp3) is 0.562. The van der Waals surface area contributed by atoms with Crippen LogP contribution < -0.4 is 10.6 Å². The third-order valence-electron chi connectivity index (χ3n) is 3.63. The summed E-state index contributed by atoms with van der Waals surface area (Å²) in [4.78, 5) is 11.9. The quantitative estimate of drug-likeness (QED) is 0.674. The molecule has 2 amide bonds. The standard InChI is InChI=1S/C16H24N2O3/c19-10-12-21-11-4-9-17-16(20)18-15-8-3-6-13-5-1-2-7-14(13)15/h3,6,8,19H,1-2,4-5,7,9-12H2,(H2,17,18,20). The van der Waals surface area contributed by atoms with E-state index in [1.165, 1.54) is 24.0 Å². The second-order valence-corrected chi connectivity index (χ2v) is 5.22. The molecular formula is C16H24N2O3. The Balaban J connectivity index is 1.75. The monoisotopic (exact) mass is 292 g/mol. The maximum atomic E-state index is 11.9. The second kappa shape index (κ2) is 8.64. The summed E-state index contributed by atoms with van der Waals surface area (Å²) in [6, 6.07) is 5.95. The van der Waals surface area contributed by atoms with Crippen molar-refractivity contribution in [1.29, 1.82) is 0 Å². The van der Waals surface area contributed by atoms with Crippen molar-refractivity contribution < 1.29 is 14.6 Å². The smallest absolute Gasteiger partial charge is 0.319 e. The third-order valence-corrected chi connectivity index (χ3v) is 3.63. The van der Waals surface area contributed by atoms with Crippen LogP contribution >= 0.6 is 0 Å². The number of carbonyl (C=O) groups excluding carboxylic acids is 1.